The smallest absolute Gasteiger partial charge is 0.338 e. The first-order valence-electron chi connectivity index (χ1n) is 9.45. The van der Waals surface area contributed by atoms with Crippen LogP contribution in [0.25, 0.3) is 11.0 Å². The van der Waals surface area contributed by atoms with E-state index in [0.29, 0.717) is 22.3 Å². The van der Waals surface area contributed by atoms with Crippen molar-refractivity contribution >= 4 is 22.9 Å². The van der Waals surface area contributed by atoms with Gasteiger partial charge in [-0.1, -0.05) is 18.2 Å². The molecule has 0 saturated heterocycles. The van der Waals surface area contributed by atoms with Crippen molar-refractivity contribution in [2.24, 2.45) is 0 Å². The molecule has 0 amide bonds. The van der Waals surface area contributed by atoms with Crippen LogP contribution < -0.4 is 10.4 Å². The van der Waals surface area contributed by atoms with E-state index < -0.39 is 35.4 Å². The Morgan fingerprint density at radius 1 is 0.967 bits per heavy atom. The second-order valence-electron chi connectivity index (χ2n) is 7.58. The van der Waals surface area contributed by atoms with E-state index >= 15 is 0 Å². The van der Waals surface area contributed by atoms with Gasteiger partial charge in [0.15, 0.2) is 12.2 Å². The molecule has 0 spiro atoms. The average molecular weight is 408 g/mol. The molecule has 0 fully saturated rings. The summed E-state index contributed by atoms with van der Waals surface area (Å²) >= 11 is 0. The number of ether oxygens (including phenoxy) is 3. The highest BCUT2D eigenvalue weighted by molar-refractivity contribution is 5.90. The predicted molar refractivity (Wildman–Crippen MR) is 107 cm³/mol. The lowest BCUT2D eigenvalue weighted by atomic mass is 9.87. The van der Waals surface area contributed by atoms with Gasteiger partial charge in [-0.2, -0.15) is 0 Å². The van der Waals surface area contributed by atoms with Crippen molar-refractivity contribution in [3.05, 3.63) is 76.1 Å². The number of carbonyl (C=O) groups is 2. The average Bonchev–Trinajstić information content (AvgIpc) is 2.70. The van der Waals surface area contributed by atoms with Crippen LogP contribution in [0.2, 0.25) is 0 Å². The van der Waals surface area contributed by atoms with E-state index in [1.54, 1.807) is 62.4 Å². The zero-order chi connectivity index (χ0) is 21.5. The molecule has 0 saturated carbocycles. The van der Waals surface area contributed by atoms with Crippen LogP contribution in [0, 0.1) is 0 Å². The van der Waals surface area contributed by atoms with Gasteiger partial charge in [0.25, 0.3) is 0 Å². The minimum absolute atomic E-state index is 0.221. The number of carbonyl (C=O) groups excluding carboxylic acids is 2. The summed E-state index contributed by atoms with van der Waals surface area (Å²) in [5.41, 5.74) is -0.661. The predicted octanol–water partition coefficient (Wildman–Crippen LogP) is 3.79. The van der Waals surface area contributed by atoms with Crippen molar-refractivity contribution in [3.8, 4) is 5.75 Å². The van der Waals surface area contributed by atoms with Crippen LogP contribution in [0.3, 0.4) is 0 Å². The summed E-state index contributed by atoms with van der Waals surface area (Å²) in [5.74, 6) is -0.768. The van der Waals surface area contributed by atoms with Crippen molar-refractivity contribution in [2.75, 3.05) is 0 Å². The minimum atomic E-state index is -1.05. The van der Waals surface area contributed by atoms with Crippen LogP contribution in [0.15, 0.2) is 63.8 Å². The SMILES string of the molecule is CC(=O)O[C@H]1[C@@H](OC(=O)c2ccccc2)c2c(ccc3ccc(=O)oc23)OC1(C)C. The van der Waals surface area contributed by atoms with E-state index in [1.807, 2.05) is 0 Å². The summed E-state index contributed by atoms with van der Waals surface area (Å²) in [7, 11) is 0. The van der Waals surface area contributed by atoms with Crippen molar-refractivity contribution in [1.82, 2.24) is 0 Å². The Morgan fingerprint density at radius 3 is 2.37 bits per heavy atom. The molecule has 4 rings (SSSR count). The number of hydrogen-bond acceptors (Lipinski definition) is 7. The Bertz CT molecular complexity index is 1180. The highest BCUT2D eigenvalue weighted by atomic mass is 16.6. The van der Waals surface area contributed by atoms with Crippen molar-refractivity contribution < 1.29 is 28.2 Å². The van der Waals surface area contributed by atoms with Gasteiger partial charge >= 0.3 is 17.6 Å². The van der Waals surface area contributed by atoms with E-state index in [9.17, 15) is 14.4 Å². The monoisotopic (exact) mass is 408 g/mol. The first-order valence-corrected chi connectivity index (χ1v) is 9.45. The number of esters is 2. The molecule has 3 aromatic rings. The molecular formula is C23H20O7. The van der Waals surface area contributed by atoms with Gasteiger partial charge in [0.2, 0.25) is 0 Å². The second-order valence-corrected chi connectivity index (χ2v) is 7.58. The lowest BCUT2D eigenvalue weighted by molar-refractivity contribution is -0.175. The van der Waals surface area contributed by atoms with Crippen LogP contribution in [0.5, 0.6) is 5.75 Å². The largest absolute Gasteiger partial charge is 0.483 e. The van der Waals surface area contributed by atoms with Crippen LogP contribution in [-0.4, -0.2) is 23.6 Å². The molecule has 0 N–H and O–H groups in total. The molecule has 0 unspecified atom stereocenters. The summed E-state index contributed by atoms with van der Waals surface area (Å²) in [6.45, 7) is 4.74. The minimum Gasteiger partial charge on any atom is -0.483 e. The van der Waals surface area contributed by atoms with Crippen molar-refractivity contribution in [3.63, 3.8) is 0 Å². The van der Waals surface area contributed by atoms with Gasteiger partial charge in [-0.3, -0.25) is 4.79 Å². The molecule has 2 heterocycles. The van der Waals surface area contributed by atoms with Gasteiger partial charge in [0.1, 0.15) is 16.9 Å². The lowest BCUT2D eigenvalue weighted by Gasteiger charge is -2.43. The molecule has 7 nitrogen and oxygen atoms in total. The fourth-order valence-electron chi connectivity index (χ4n) is 3.61. The van der Waals surface area contributed by atoms with E-state index in [1.165, 1.54) is 13.0 Å². The summed E-state index contributed by atoms with van der Waals surface area (Å²) < 4.78 is 22.9. The van der Waals surface area contributed by atoms with Gasteiger partial charge in [-0.15, -0.1) is 0 Å². The first-order chi connectivity index (χ1) is 14.3. The lowest BCUT2D eigenvalue weighted by Crippen LogP contribution is -2.52. The highest BCUT2D eigenvalue weighted by Crippen LogP contribution is 2.46. The molecule has 1 aliphatic rings. The molecule has 154 valence electrons. The third-order valence-electron chi connectivity index (χ3n) is 4.94. The molecule has 2 atom stereocenters. The molecule has 1 aliphatic heterocycles. The quantitative estimate of drug-likeness (QED) is 0.481. The topological polar surface area (TPSA) is 92.0 Å². The third kappa shape index (κ3) is 3.54. The van der Waals surface area contributed by atoms with E-state index in [2.05, 4.69) is 0 Å². The number of benzene rings is 2. The summed E-state index contributed by atoms with van der Waals surface area (Å²) in [4.78, 5) is 36.6. The van der Waals surface area contributed by atoms with Gasteiger partial charge < -0.3 is 18.6 Å². The molecular weight excluding hydrogens is 388 g/mol. The molecule has 7 heteroatoms. The van der Waals surface area contributed by atoms with E-state index in [0.717, 1.165) is 0 Å². The fraction of sp³-hybridized carbons (Fsp3) is 0.261. The maximum Gasteiger partial charge on any atom is 0.338 e. The van der Waals surface area contributed by atoms with Crippen LogP contribution in [0.1, 0.15) is 42.8 Å². The number of rotatable bonds is 3. The molecule has 0 radical (unpaired) electrons. The molecule has 1 aromatic heterocycles. The zero-order valence-corrected chi connectivity index (χ0v) is 16.7. The molecule has 30 heavy (non-hydrogen) atoms. The van der Waals surface area contributed by atoms with Gasteiger partial charge in [0.05, 0.1) is 11.1 Å². The van der Waals surface area contributed by atoms with E-state index in [-0.39, 0.29) is 5.58 Å². The second kappa shape index (κ2) is 7.33. The molecule has 2 aromatic carbocycles. The van der Waals surface area contributed by atoms with E-state index in [4.69, 9.17) is 18.6 Å². The van der Waals surface area contributed by atoms with Gasteiger partial charge in [-0.05, 0) is 44.2 Å². The normalized spacial score (nSPS) is 19.4. The first kappa shape index (κ1) is 19.7. The Kier molecular flexibility index (Phi) is 4.81. The maximum absolute atomic E-state index is 12.9. The van der Waals surface area contributed by atoms with Crippen molar-refractivity contribution in [1.29, 1.82) is 0 Å². The number of fused-ring (bicyclic) bond motifs is 3. The summed E-state index contributed by atoms with van der Waals surface area (Å²) in [5, 5.41) is 0.624. The third-order valence-corrected chi connectivity index (χ3v) is 4.94. The Hall–Kier alpha value is -3.61. The molecule has 0 aliphatic carbocycles. The zero-order valence-electron chi connectivity index (χ0n) is 16.7. The van der Waals surface area contributed by atoms with Crippen LogP contribution in [0.4, 0.5) is 0 Å². The standard InChI is InChI=1S/C23H20O7/c1-13(24)27-21-20(29-22(26)15-7-5-4-6-8-15)18-16(30-23(21,2)3)11-9-14-10-12-17(25)28-19(14)18/h4-12,20-21H,1-3H3/t20-,21-/m0/s1. The van der Waals surface area contributed by atoms with Gasteiger partial charge in [0, 0.05) is 18.4 Å². The van der Waals surface area contributed by atoms with Crippen molar-refractivity contribution in [2.45, 2.75) is 38.6 Å². The van der Waals surface area contributed by atoms with Gasteiger partial charge in [-0.25, -0.2) is 9.59 Å². The Labute approximate surface area is 172 Å². The maximum atomic E-state index is 12.9. The van der Waals surface area contributed by atoms with Crippen LogP contribution in [-0.2, 0) is 14.3 Å². The fourth-order valence-corrected chi connectivity index (χ4v) is 3.61. The molecule has 0 bridgehead atoms. The summed E-state index contributed by atoms with van der Waals surface area (Å²) in [6.07, 6.45) is -2.01. The highest BCUT2D eigenvalue weighted by Gasteiger charge is 2.49. The van der Waals surface area contributed by atoms with Crippen LogP contribution >= 0.6 is 0 Å². The Balaban J connectivity index is 1.90. The Morgan fingerprint density at radius 2 is 1.67 bits per heavy atom. The number of hydrogen-bond donors (Lipinski definition) is 0. The summed E-state index contributed by atoms with van der Waals surface area (Å²) in [6, 6.07) is 14.8.